The van der Waals surface area contributed by atoms with E-state index in [0.717, 1.165) is 34.2 Å². The molecule has 0 radical (unpaired) electrons. The van der Waals surface area contributed by atoms with Crippen LogP contribution in [0.3, 0.4) is 0 Å². The van der Waals surface area contributed by atoms with Gasteiger partial charge in [0.05, 0.1) is 17.0 Å². The SMILES string of the molecule is Oc1ccc2cccc(Nc3nc(-c4ccccc4)c(-c4ccc(C(F)(F)F)cc4)[nH]3)c2c1. The van der Waals surface area contributed by atoms with Crippen LogP contribution < -0.4 is 5.32 Å². The second kappa shape index (κ2) is 8.02. The van der Waals surface area contributed by atoms with Gasteiger partial charge in [0.2, 0.25) is 5.95 Å². The first-order valence-corrected chi connectivity index (χ1v) is 10.2. The standard InChI is InChI=1S/C26H18F3N3O/c27-26(28,29)19-12-9-18(10-13-19)24-23(17-5-2-1-3-6-17)31-25(32-24)30-22-8-4-7-16-11-14-20(33)15-21(16)22/h1-15,33H,(H2,30,31,32). The molecule has 4 nitrogen and oxygen atoms in total. The Hall–Kier alpha value is -4.26. The number of aromatic nitrogens is 2. The van der Waals surface area contributed by atoms with E-state index in [0.29, 0.717) is 22.9 Å². The van der Waals surface area contributed by atoms with Gasteiger partial charge >= 0.3 is 6.18 Å². The van der Waals surface area contributed by atoms with Gasteiger partial charge in [-0.1, -0.05) is 60.7 Å². The minimum atomic E-state index is -4.40. The summed E-state index contributed by atoms with van der Waals surface area (Å²) in [6.07, 6.45) is -4.40. The number of imidazole rings is 1. The van der Waals surface area contributed by atoms with E-state index in [9.17, 15) is 18.3 Å². The molecule has 0 spiro atoms. The monoisotopic (exact) mass is 445 g/mol. The second-order valence-corrected chi connectivity index (χ2v) is 7.59. The maximum Gasteiger partial charge on any atom is 0.416 e. The lowest BCUT2D eigenvalue weighted by atomic mass is 10.0. The summed E-state index contributed by atoms with van der Waals surface area (Å²) < 4.78 is 39.1. The Balaban J connectivity index is 1.59. The third kappa shape index (κ3) is 4.13. The van der Waals surface area contributed by atoms with Gasteiger partial charge in [0.15, 0.2) is 0 Å². The van der Waals surface area contributed by atoms with Crippen LogP contribution in [0.2, 0.25) is 0 Å². The van der Waals surface area contributed by atoms with E-state index in [2.05, 4.69) is 10.3 Å². The largest absolute Gasteiger partial charge is 0.508 e. The number of rotatable bonds is 4. The maximum atomic E-state index is 13.0. The van der Waals surface area contributed by atoms with Gasteiger partial charge in [-0.2, -0.15) is 13.2 Å². The first-order valence-electron chi connectivity index (χ1n) is 10.2. The lowest BCUT2D eigenvalue weighted by Crippen LogP contribution is -2.04. The van der Waals surface area contributed by atoms with Crippen molar-refractivity contribution in [2.45, 2.75) is 6.18 Å². The molecule has 0 bridgehead atoms. The lowest BCUT2D eigenvalue weighted by molar-refractivity contribution is -0.137. The molecule has 164 valence electrons. The second-order valence-electron chi connectivity index (χ2n) is 7.59. The van der Waals surface area contributed by atoms with Gasteiger partial charge in [-0.25, -0.2) is 4.98 Å². The van der Waals surface area contributed by atoms with Crippen LogP contribution in [0.4, 0.5) is 24.8 Å². The fourth-order valence-electron chi connectivity index (χ4n) is 3.77. The molecule has 0 aliphatic rings. The predicted molar refractivity (Wildman–Crippen MR) is 123 cm³/mol. The van der Waals surface area contributed by atoms with Gasteiger partial charge in [0.25, 0.3) is 0 Å². The summed E-state index contributed by atoms with van der Waals surface area (Å²) in [6, 6.07) is 25.2. The molecule has 4 aromatic carbocycles. The van der Waals surface area contributed by atoms with Gasteiger partial charge in [-0.15, -0.1) is 0 Å². The topological polar surface area (TPSA) is 60.9 Å². The van der Waals surface area contributed by atoms with Gasteiger partial charge in [-0.05, 0) is 35.7 Å². The van der Waals surface area contributed by atoms with Crippen molar-refractivity contribution in [2.75, 3.05) is 5.32 Å². The number of anilines is 2. The maximum absolute atomic E-state index is 13.0. The van der Waals surface area contributed by atoms with E-state index in [1.165, 1.54) is 12.1 Å². The van der Waals surface area contributed by atoms with E-state index in [-0.39, 0.29) is 5.75 Å². The summed E-state index contributed by atoms with van der Waals surface area (Å²) in [5.41, 5.74) is 2.64. The molecule has 3 N–H and O–H groups in total. The molecule has 0 atom stereocenters. The van der Waals surface area contributed by atoms with E-state index < -0.39 is 11.7 Å². The zero-order chi connectivity index (χ0) is 23.0. The molecule has 33 heavy (non-hydrogen) atoms. The minimum Gasteiger partial charge on any atom is -0.508 e. The lowest BCUT2D eigenvalue weighted by Gasteiger charge is -2.08. The number of halogens is 3. The van der Waals surface area contributed by atoms with Crippen LogP contribution in [0.1, 0.15) is 5.56 Å². The van der Waals surface area contributed by atoms with Gasteiger partial charge in [0.1, 0.15) is 5.75 Å². The summed E-state index contributed by atoms with van der Waals surface area (Å²) in [5.74, 6) is 0.575. The number of H-pyrrole nitrogens is 1. The Morgan fingerprint density at radius 1 is 0.788 bits per heavy atom. The molecule has 0 unspecified atom stereocenters. The number of nitrogens with one attached hydrogen (secondary N) is 2. The molecule has 5 aromatic rings. The highest BCUT2D eigenvalue weighted by atomic mass is 19.4. The fraction of sp³-hybridized carbons (Fsp3) is 0.0385. The number of phenolic OH excluding ortho intramolecular Hbond substituents is 1. The zero-order valence-electron chi connectivity index (χ0n) is 17.2. The van der Waals surface area contributed by atoms with E-state index in [1.54, 1.807) is 12.1 Å². The Labute approximate surface area is 187 Å². The molecule has 7 heteroatoms. The number of aromatic hydroxyl groups is 1. The summed E-state index contributed by atoms with van der Waals surface area (Å²) in [4.78, 5) is 7.92. The average molecular weight is 445 g/mol. The van der Waals surface area contributed by atoms with Crippen LogP contribution in [0.5, 0.6) is 5.75 Å². The highest BCUT2D eigenvalue weighted by Crippen LogP contribution is 2.36. The third-order valence-electron chi connectivity index (χ3n) is 5.37. The van der Waals surface area contributed by atoms with Crippen LogP contribution in [0.25, 0.3) is 33.3 Å². The third-order valence-corrected chi connectivity index (χ3v) is 5.37. The van der Waals surface area contributed by atoms with Crippen molar-refractivity contribution < 1.29 is 18.3 Å². The highest BCUT2D eigenvalue weighted by molar-refractivity contribution is 5.96. The quantitative estimate of drug-likeness (QED) is 0.271. The molecule has 0 saturated carbocycles. The van der Waals surface area contributed by atoms with E-state index in [1.807, 2.05) is 54.6 Å². The van der Waals surface area contributed by atoms with Gasteiger partial charge in [-0.3, -0.25) is 0 Å². The molecule has 0 aliphatic heterocycles. The average Bonchev–Trinajstić information content (AvgIpc) is 3.23. The Morgan fingerprint density at radius 2 is 1.55 bits per heavy atom. The molecule has 0 amide bonds. The number of phenols is 1. The first kappa shape index (κ1) is 20.6. The summed E-state index contributed by atoms with van der Waals surface area (Å²) in [6.45, 7) is 0. The van der Waals surface area contributed by atoms with Crippen molar-refractivity contribution in [3.63, 3.8) is 0 Å². The molecule has 1 aromatic heterocycles. The first-order chi connectivity index (χ1) is 15.9. The molecule has 0 aliphatic carbocycles. The Bertz CT molecular complexity index is 1430. The Morgan fingerprint density at radius 3 is 2.27 bits per heavy atom. The smallest absolute Gasteiger partial charge is 0.416 e. The molecular formula is C26H18F3N3O. The van der Waals surface area contributed by atoms with Crippen LogP contribution >= 0.6 is 0 Å². The fourth-order valence-corrected chi connectivity index (χ4v) is 3.77. The number of nitrogens with zero attached hydrogens (tertiary/aromatic N) is 1. The number of hydrogen-bond donors (Lipinski definition) is 3. The number of fused-ring (bicyclic) bond motifs is 1. The molecule has 5 rings (SSSR count). The minimum absolute atomic E-state index is 0.145. The molecule has 0 fully saturated rings. The van der Waals surface area contributed by atoms with Crippen molar-refractivity contribution in [1.29, 1.82) is 0 Å². The predicted octanol–water partition coefficient (Wildman–Crippen LogP) is 7.36. The van der Waals surface area contributed by atoms with Crippen molar-refractivity contribution >= 4 is 22.4 Å². The number of alkyl halides is 3. The summed E-state index contributed by atoms with van der Waals surface area (Å²) in [7, 11) is 0. The molecular weight excluding hydrogens is 427 g/mol. The summed E-state index contributed by atoms with van der Waals surface area (Å²) >= 11 is 0. The van der Waals surface area contributed by atoms with Gasteiger partial charge < -0.3 is 15.4 Å². The zero-order valence-corrected chi connectivity index (χ0v) is 17.2. The van der Waals surface area contributed by atoms with Crippen molar-refractivity contribution in [3.8, 4) is 28.3 Å². The van der Waals surface area contributed by atoms with Crippen LogP contribution in [0.15, 0.2) is 91.0 Å². The van der Waals surface area contributed by atoms with Crippen LogP contribution in [-0.4, -0.2) is 15.1 Å². The summed E-state index contributed by atoms with van der Waals surface area (Å²) in [5, 5.41) is 14.9. The number of aromatic amines is 1. The Kier molecular flexibility index (Phi) is 5.01. The van der Waals surface area contributed by atoms with E-state index in [4.69, 9.17) is 4.98 Å². The highest BCUT2D eigenvalue weighted by Gasteiger charge is 2.30. The normalized spacial score (nSPS) is 11.6. The molecule has 0 saturated heterocycles. The van der Waals surface area contributed by atoms with Crippen molar-refractivity contribution in [1.82, 2.24) is 9.97 Å². The van der Waals surface area contributed by atoms with Crippen LogP contribution in [0, 0.1) is 0 Å². The van der Waals surface area contributed by atoms with Gasteiger partial charge in [0, 0.05) is 22.2 Å². The van der Waals surface area contributed by atoms with Crippen molar-refractivity contribution in [3.05, 3.63) is 96.6 Å². The van der Waals surface area contributed by atoms with E-state index >= 15 is 0 Å². The number of benzene rings is 4. The number of hydrogen-bond acceptors (Lipinski definition) is 3. The van der Waals surface area contributed by atoms with Crippen LogP contribution in [-0.2, 0) is 6.18 Å². The van der Waals surface area contributed by atoms with Crippen molar-refractivity contribution in [2.24, 2.45) is 0 Å². The molecule has 1 heterocycles.